The Kier molecular flexibility index (Phi) is 3.62. The molecule has 4 heteroatoms. The van der Waals surface area contributed by atoms with Crippen LogP contribution >= 0.6 is 0 Å². The fourth-order valence-electron chi connectivity index (χ4n) is 2.82. The van der Waals surface area contributed by atoms with E-state index in [1.165, 1.54) is 32.4 Å². The van der Waals surface area contributed by atoms with Crippen LogP contribution in [0, 0.1) is 0 Å². The molecular formula is C15H22N2O2. The largest absolute Gasteiger partial charge is 0.504 e. The number of hydrogen-bond acceptors (Lipinski definition) is 4. The Labute approximate surface area is 114 Å². The molecule has 4 nitrogen and oxygen atoms in total. The molecule has 1 aromatic carbocycles. The van der Waals surface area contributed by atoms with E-state index in [-0.39, 0.29) is 5.75 Å². The van der Waals surface area contributed by atoms with Gasteiger partial charge in [-0.3, -0.25) is 4.90 Å². The van der Waals surface area contributed by atoms with Gasteiger partial charge in [-0.25, -0.2) is 0 Å². The highest BCUT2D eigenvalue weighted by atomic mass is 16.5. The first-order chi connectivity index (χ1) is 9.26. The number of ether oxygens (including phenoxy) is 1. The summed E-state index contributed by atoms with van der Waals surface area (Å²) >= 11 is 0. The van der Waals surface area contributed by atoms with E-state index in [9.17, 15) is 5.11 Å². The van der Waals surface area contributed by atoms with Gasteiger partial charge in [0.1, 0.15) is 0 Å². The minimum Gasteiger partial charge on any atom is -0.504 e. The van der Waals surface area contributed by atoms with Crippen molar-refractivity contribution in [1.82, 2.24) is 10.2 Å². The van der Waals surface area contributed by atoms with Gasteiger partial charge >= 0.3 is 0 Å². The normalized spacial score (nSPS) is 23.7. The van der Waals surface area contributed by atoms with Crippen molar-refractivity contribution in [1.29, 1.82) is 0 Å². The van der Waals surface area contributed by atoms with E-state index >= 15 is 0 Å². The zero-order valence-corrected chi connectivity index (χ0v) is 11.4. The molecule has 2 aliphatic rings. The molecule has 0 spiro atoms. The number of nitrogens with one attached hydrogen (secondary N) is 1. The van der Waals surface area contributed by atoms with E-state index in [2.05, 4.69) is 10.2 Å². The third kappa shape index (κ3) is 3.01. The lowest BCUT2D eigenvalue weighted by atomic mass is 10.2. The highest BCUT2D eigenvalue weighted by Gasteiger charge is 2.33. The van der Waals surface area contributed by atoms with Crippen LogP contribution in [0.25, 0.3) is 0 Å². The summed E-state index contributed by atoms with van der Waals surface area (Å²) in [5.74, 6) is 0.748. The maximum Gasteiger partial charge on any atom is 0.160 e. The SMILES string of the molecule is COc1cc(CNC2CCN(C3CC3)C2)ccc1O. The molecule has 1 aliphatic carbocycles. The van der Waals surface area contributed by atoms with Crippen molar-refractivity contribution in [3.63, 3.8) is 0 Å². The molecule has 1 heterocycles. The molecule has 1 saturated heterocycles. The summed E-state index contributed by atoms with van der Waals surface area (Å²) in [5, 5.41) is 13.2. The summed E-state index contributed by atoms with van der Waals surface area (Å²) in [4.78, 5) is 2.61. The average Bonchev–Trinajstić information content (AvgIpc) is 3.17. The van der Waals surface area contributed by atoms with Crippen LogP contribution in [0.3, 0.4) is 0 Å². The zero-order chi connectivity index (χ0) is 13.2. The van der Waals surface area contributed by atoms with E-state index in [1.54, 1.807) is 13.2 Å². The Hall–Kier alpha value is -1.26. The van der Waals surface area contributed by atoms with Crippen molar-refractivity contribution in [2.24, 2.45) is 0 Å². The summed E-state index contributed by atoms with van der Waals surface area (Å²) in [5.41, 5.74) is 1.15. The second-order valence-electron chi connectivity index (χ2n) is 5.60. The molecule has 0 amide bonds. The lowest BCUT2D eigenvalue weighted by Gasteiger charge is -2.16. The number of phenolic OH excluding ortho intramolecular Hbond substituents is 1. The van der Waals surface area contributed by atoms with Gasteiger partial charge in [0.25, 0.3) is 0 Å². The lowest BCUT2D eigenvalue weighted by Crippen LogP contribution is -2.32. The van der Waals surface area contributed by atoms with Crippen molar-refractivity contribution in [3.8, 4) is 11.5 Å². The van der Waals surface area contributed by atoms with Gasteiger partial charge in [-0.05, 0) is 37.0 Å². The summed E-state index contributed by atoms with van der Waals surface area (Å²) in [6, 6.07) is 7.01. The first-order valence-corrected chi connectivity index (χ1v) is 7.09. The van der Waals surface area contributed by atoms with E-state index in [0.29, 0.717) is 11.8 Å². The van der Waals surface area contributed by atoms with Gasteiger partial charge in [0.2, 0.25) is 0 Å². The smallest absolute Gasteiger partial charge is 0.160 e. The molecule has 1 unspecified atom stereocenters. The number of benzene rings is 1. The average molecular weight is 262 g/mol. The molecule has 104 valence electrons. The third-order valence-corrected chi connectivity index (χ3v) is 4.12. The highest BCUT2D eigenvalue weighted by Crippen LogP contribution is 2.30. The minimum absolute atomic E-state index is 0.201. The Bertz CT molecular complexity index is 446. The molecule has 1 aliphatic heterocycles. The number of rotatable bonds is 5. The van der Waals surface area contributed by atoms with Crippen LogP contribution in [0.1, 0.15) is 24.8 Å². The predicted octanol–water partition coefficient (Wildman–Crippen LogP) is 1.73. The molecule has 1 saturated carbocycles. The van der Waals surface area contributed by atoms with Crippen LogP contribution in [-0.4, -0.2) is 42.3 Å². The zero-order valence-electron chi connectivity index (χ0n) is 11.4. The molecule has 0 radical (unpaired) electrons. The van der Waals surface area contributed by atoms with Gasteiger partial charge in [-0.15, -0.1) is 0 Å². The molecule has 0 aromatic heterocycles. The molecular weight excluding hydrogens is 240 g/mol. The summed E-state index contributed by atoms with van der Waals surface area (Å²) in [6.07, 6.45) is 4.02. The maximum atomic E-state index is 9.57. The van der Waals surface area contributed by atoms with Crippen molar-refractivity contribution >= 4 is 0 Å². The summed E-state index contributed by atoms with van der Waals surface area (Å²) in [6.45, 7) is 3.25. The second kappa shape index (κ2) is 5.39. The first-order valence-electron chi connectivity index (χ1n) is 7.09. The number of phenols is 1. The fourth-order valence-corrected chi connectivity index (χ4v) is 2.82. The van der Waals surface area contributed by atoms with Crippen LogP contribution in [0.15, 0.2) is 18.2 Å². The van der Waals surface area contributed by atoms with Gasteiger partial charge in [0.05, 0.1) is 7.11 Å². The van der Waals surface area contributed by atoms with E-state index < -0.39 is 0 Å². The van der Waals surface area contributed by atoms with Gasteiger partial charge in [0, 0.05) is 31.7 Å². The topological polar surface area (TPSA) is 44.7 Å². The van der Waals surface area contributed by atoms with Gasteiger partial charge in [0.15, 0.2) is 11.5 Å². The molecule has 2 N–H and O–H groups in total. The maximum absolute atomic E-state index is 9.57. The van der Waals surface area contributed by atoms with Gasteiger partial charge in [-0.2, -0.15) is 0 Å². The van der Waals surface area contributed by atoms with Crippen molar-refractivity contribution in [3.05, 3.63) is 23.8 Å². The monoisotopic (exact) mass is 262 g/mol. The molecule has 0 bridgehead atoms. The Morgan fingerprint density at radius 1 is 1.37 bits per heavy atom. The van der Waals surface area contributed by atoms with Gasteiger partial charge in [-0.1, -0.05) is 6.07 Å². The lowest BCUT2D eigenvalue weighted by molar-refractivity contribution is 0.317. The van der Waals surface area contributed by atoms with E-state index in [0.717, 1.165) is 18.2 Å². The number of likely N-dealkylation sites (tertiary alicyclic amines) is 1. The number of aromatic hydroxyl groups is 1. The van der Waals surface area contributed by atoms with Crippen LogP contribution in [0.5, 0.6) is 11.5 Å². The molecule has 1 atom stereocenters. The molecule has 19 heavy (non-hydrogen) atoms. The van der Waals surface area contributed by atoms with Crippen LogP contribution in [0.4, 0.5) is 0 Å². The standard InChI is InChI=1S/C15H22N2O2/c1-19-15-8-11(2-5-14(15)18)9-16-12-6-7-17(10-12)13-3-4-13/h2,5,8,12-13,16,18H,3-4,6-7,9-10H2,1H3. The van der Waals surface area contributed by atoms with Crippen LogP contribution in [-0.2, 0) is 6.54 Å². The molecule has 2 fully saturated rings. The Balaban J connectivity index is 1.51. The predicted molar refractivity (Wildman–Crippen MR) is 74.5 cm³/mol. The third-order valence-electron chi connectivity index (χ3n) is 4.12. The second-order valence-corrected chi connectivity index (χ2v) is 5.60. The Morgan fingerprint density at radius 3 is 2.95 bits per heavy atom. The van der Waals surface area contributed by atoms with Crippen molar-refractivity contribution < 1.29 is 9.84 Å². The van der Waals surface area contributed by atoms with Crippen LogP contribution in [0.2, 0.25) is 0 Å². The van der Waals surface area contributed by atoms with E-state index in [1.807, 2.05) is 12.1 Å². The van der Waals surface area contributed by atoms with Crippen LogP contribution < -0.4 is 10.1 Å². The molecule has 3 rings (SSSR count). The fraction of sp³-hybridized carbons (Fsp3) is 0.600. The first kappa shape index (κ1) is 12.8. The number of hydrogen-bond donors (Lipinski definition) is 2. The quantitative estimate of drug-likeness (QED) is 0.848. The van der Waals surface area contributed by atoms with Gasteiger partial charge < -0.3 is 15.2 Å². The highest BCUT2D eigenvalue weighted by molar-refractivity contribution is 5.41. The Morgan fingerprint density at radius 2 is 2.21 bits per heavy atom. The van der Waals surface area contributed by atoms with Crippen molar-refractivity contribution in [2.75, 3.05) is 20.2 Å². The molecule has 1 aromatic rings. The minimum atomic E-state index is 0.201. The number of methoxy groups -OCH3 is 1. The summed E-state index contributed by atoms with van der Waals surface area (Å²) < 4.78 is 5.13. The van der Waals surface area contributed by atoms with E-state index in [4.69, 9.17) is 4.74 Å². The number of nitrogens with zero attached hydrogens (tertiary/aromatic N) is 1. The summed E-state index contributed by atoms with van der Waals surface area (Å²) in [7, 11) is 1.58. The van der Waals surface area contributed by atoms with Crippen molar-refractivity contribution in [2.45, 2.75) is 37.9 Å².